The number of ether oxygens (including phenoxy) is 2. The Morgan fingerprint density at radius 2 is 1.93 bits per heavy atom. The first-order chi connectivity index (χ1) is 12.9. The van der Waals surface area contributed by atoms with Gasteiger partial charge in [-0.05, 0) is 48.9 Å². The molecular weight excluding hydrogens is 372 g/mol. The van der Waals surface area contributed by atoms with Crippen molar-refractivity contribution in [2.45, 2.75) is 13.3 Å². The van der Waals surface area contributed by atoms with Gasteiger partial charge < -0.3 is 25.2 Å². The maximum atomic E-state index is 12.2. The lowest BCUT2D eigenvalue weighted by Gasteiger charge is -2.13. The van der Waals surface area contributed by atoms with Crippen molar-refractivity contribution in [2.75, 3.05) is 30.9 Å². The van der Waals surface area contributed by atoms with Crippen LogP contribution < -0.4 is 20.1 Å². The SMILES string of the molecule is COc1ccc(Cl)cc1NCCC(=O)Nc1ccc(OCC(=O)O)cc1C. The number of rotatable bonds is 9. The summed E-state index contributed by atoms with van der Waals surface area (Å²) in [6.07, 6.45) is 0.242. The summed E-state index contributed by atoms with van der Waals surface area (Å²) in [6, 6.07) is 10.2. The van der Waals surface area contributed by atoms with Crippen molar-refractivity contribution < 1.29 is 24.2 Å². The van der Waals surface area contributed by atoms with Crippen LogP contribution in [0.4, 0.5) is 11.4 Å². The number of nitrogens with one attached hydrogen (secondary N) is 2. The van der Waals surface area contributed by atoms with Gasteiger partial charge in [-0.25, -0.2) is 4.79 Å². The average molecular weight is 393 g/mol. The highest BCUT2D eigenvalue weighted by Crippen LogP contribution is 2.27. The second-order valence-corrected chi connectivity index (χ2v) is 6.17. The van der Waals surface area contributed by atoms with Crippen LogP contribution in [0.1, 0.15) is 12.0 Å². The highest BCUT2D eigenvalue weighted by Gasteiger charge is 2.08. The molecule has 27 heavy (non-hydrogen) atoms. The monoisotopic (exact) mass is 392 g/mol. The Balaban J connectivity index is 1.87. The molecule has 2 rings (SSSR count). The van der Waals surface area contributed by atoms with Crippen molar-refractivity contribution in [3.05, 3.63) is 47.0 Å². The number of hydrogen-bond acceptors (Lipinski definition) is 5. The zero-order valence-electron chi connectivity index (χ0n) is 15.0. The molecule has 0 saturated carbocycles. The summed E-state index contributed by atoms with van der Waals surface area (Å²) in [6.45, 7) is 1.80. The number of anilines is 2. The Bertz CT molecular complexity index is 826. The van der Waals surface area contributed by atoms with Crippen molar-refractivity contribution in [1.29, 1.82) is 0 Å². The van der Waals surface area contributed by atoms with Crippen LogP contribution in [-0.4, -0.2) is 37.2 Å². The van der Waals surface area contributed by atoms with E-state index in [0.717, 1.165) is 5.56 Å². The van der Waals surface area contributed by atoms with Gasteiger partial charge in [0, 0.05) is 23.7 Å². The second-order valence-electron chi connectivity index (χ2n) is 5.73. The van der Waals surface area contributed by atoms with Gasteiger partial charge in [-0.3, -0.25) is 4.79 Å². The minimum atomic E-state index is -1.05. The van der Waals surface area contributed by atoms with E-state index in [-0.39, 0.29) is 12.3 Å². The van der Waals surface area contributed by atoms with Crippen molar-refractivity contribution in [1.82, 2.24) is 0 Å². The summed E-state index contributed by atoms with van der Waals surface area (Å²) in [4.78, 5) is 22.7. The Morgan fingerprint density at radius 1 is 1.15 bits per heavy atom. The number of aryl methyl sites for hydroxylation is 1. The van der Waals surface area contributed by atoms with E-state index in [0.29, 0.717) is 34.4 Å². The van der Waals surface area contributed by atoms with Gasteiger partial charge in [0.05, 0.1) is 12.8 Å². The van der Waals surface area contributed by atoms with Gasteiger partial charge in [0.25, 0.3) is 0 Å². The summed E-state index contributed by atoms with van der Waals surface area (Å²) in [5.74, 6) is -0.130. The van der Waals surface area contributed by atoms with Crippen LogP contribution in [0, 0.1) is 6.92 Å². The lowest BCUT2D eigenvalue weighted by atomic mass is 10.2. The summed E-state index contributed by atoms with van der Waals surface area (Å²) >= 11 is 5.97. The third kappa shape index (κ3) is 6.38. The number of halogens is 1. The van der Waals surface area contributed by atoms with Crippen LogP contribution in [0.5, 0.6) is 11.5 Å². The zero-order chi connectivity index (χ0) is 19.8. The first-order valence-electron chi connectivity index (χ1n) is 8.21. The first-order valence-corrected chi connectivity index (χ1v) is 8.59. The van der Waals surface area contributed by atoms with Gasteiger partial charge in [0.2, 0.25) is 5.91 Å². The van der Waals surface area contributed by atoms with E-state index in [9.17, 15) is 9.59 Å². The molecule has 0 saturated heterocycles. The fourth-order valence-electron chi connectivity index (χ4n) is 2.35. The minimum absolute atomic E-state index is 0.161. The van der Waals surface area contributed by atoms with E-state index < -0.39 is 12.6 Å². The topological polar surface area (TPSA) is 96.9 Å². The maximum Gasteiger partial charge on any atom is 0.341 e. The largest absolute Gasteiger partial charge is 0.495 e. The fourth-order valence-corrected chi connectivity index (χ4v) is 2.53. The molecule has 0 atom stereocenters. The Hall–Kier alpha value is -2.93. The van der Waals surface area contributed by atoms with Gasteiger partial charge in [-0.2, -0.15) is 0 Å². The third-order valence-electron chi connectivity index (χ3n) is 3.66. The molecule has 0 radical (unpaired) electrons. The molecule has 0 spiro atoms. The highest BCUT2D eigenvalue weighted by atomic mass is 35.5. The fraction of sp³-hybridized carbons (Fsp3) is 0.263. The molecule has 0 aliphatic carbocycles. The van der Waals surface area contributed by atoms with Crippen molar-refractivity contribution >= 4 is 34.9 Å². The molecule has 0 heterocycles. The van der Waals surface area contributed by atoms with Gasteiger partial charge in [-0.15, -0.1) is 0 Å². The number of benzene rings is 2. The lowest BCUT2D eigenvalue weighted by molar-refractivity contribution is -0.139. The molecular formula is C19H21ClN2O5. The van der Waals surface area contributed by atoms with Gasteiger partial charge in [0.1, 0.15) is 11.5 Å². The van der Waals surface area contributed by atoms with E-state index in [4.69, 9.17) is 26.2 Å². The van der Waals surface area contributed by atoms with Crippen LogP contribution >= 0.6 is 11.6 Å². The molecule has 2 aromatic rings. The van der Waals surface area contributed by atoms with Crippen LogP contribution in [-0.2, 0) is 9.59 Å². The quantitative estimate of drug-likeness (QED) is 0.603. The molecule has 0 fully saturated rings. The van der Waals surface area contributed by atoms with Crippen LogP contribution in [0.15, 0.2) is 36.4 Å². The molecule has 0 unspecified atom stereocenters. The first kappa shape index (κ1) is 20.4. The molecule has 8 heteroatoms. The van der Waals surface area contributed by atoms with E-state index in [1.165, 1.54) is 0 Å². The van der Waals surface area contributed by atoms with Crippen molar-refractivity contribution in [3.63, 3.8) is 0 Å². The Kier molecular flexibility index (Phi) is 7.31. The van der Waals surface area contributed by atoms with E-state index >= 15 is 0 Å². The van der Waals surface area contributed by atoms with Gasteiger partial charge in [0.15, 0.2) is 6.61 Å². The van der Waals surface area contributed by atoms with Gasteiger partial charge in [-0.1, -0.05) is 11.6 Å². The predicted octanol–water partition coefficient (Wildman–Crippen LogP) is 3.56. The number of carboxylic acid groups (broad SMARTS) is 1. The molecule has 7 nitrogen and oxygen atoms in total. The lowest BCUT2D eigenvalue weighted by Crippen LogP contribution is -2.17. The molecule has 144 valence electrons. The van der Waals surface area contributed by atoms with Crippen LogP contribution in [0.25, 0.3) is 0 Å². The molecule has 0 bridgehead atoms. The predicted molar refractivity (Wildman–Crippen MR) is 104 cm³/mol. The van der Waals surface area contributed by atoms with E-state index in [1.54, 1.807) is 50.4 Å². The summed E-state index contributed by atoms with van der Waals surface area (Å²) in [7, 11) is 1.56. The number of hydrogen-bond donors (Lipinski definition) is 3. The smallest absolute Gasteiger partial charge is 0.341 e. The Labute approximate surface area is 162 Å². The van der Waals surface area contributed by atoms with Crippen LogP contribution in [0.2, 0.25) is 5.02 Å². The number of amides is 1. The standard InChI is InChI=1S/C19H21ClN2O5/c1-12-9-14(27-11-19(24)25)4-5-15(12)22-18(23)7-8-21-16-10-13(20)3-6-17(16)26-2/h3-6,9-10,21H,7-8,11H2,1-2H3,(H,22,23)(H,24,25). The molecule has 0 aliphatic heterocycles. The number of aliphatic carboxylic acids is 1. The van der Waals surface area contributed by atoms with Gasteiger partial charge >= 0.3 is 5.97 Å². The average Bonchev–Trinajstić information content (AvgIpc) is 2.62. The van der Waals surface area contributed by atoms with Crippen molar-refractivity contribution in [3.8, 4) is 11.5 Å². The molecule has 0 aromatic heterocycles. The van der Waals surface area contributed by atoms with E-state index in [2.05, 4.69) is 10.6 Å². The van der Waals surface area contributed by atoms with E-state index in [1.807, 2.05) is 0 Å². The molecule has 1 amide bonds. The Morgan fingerprint density at radius 3 is 2.59 bits per heavy atom. The third-order valence-corrected chi connectivity index (χ3v) is 3.90. The summed E-state index contributed by atoms with van der Waals surface area (Å²) < 4.78 is 10.4. The second kappa shape index (κ2) is 9.68. The molecule has 2 aromatic carbocycles. The summed E-state index contributed by atoms with van der Waals surface area (Å²) in [5.41, 5.74) is 2.13. The number of carboxylic acids is 1. The normalized spacial score (nSPS) is 10.2. The number of methoxy groups -OCH3 is 1. The zero-order valence-corrected chi connectivity index (χ0v) is 15.8. The molecule has 0 aliphatic rings. The number of carbonyl (C=O) groups excluding carboxylic acids is 1. The summed E-state index contributed by atoms with van der Waals surface area (Å²) in [5, 5.41) is 15.1. The minimum Gasteiger partial charge on any atom is -0.495 e. The number of carbonyl (C=O) groups is 2. The van der Waals surface area contributed by atoms with Crippen molar-refractivity contribution in [2.24, 2.45) is 0 Å². The maximum absolute atomic E-state index is 12.2. The highest BCUT2D eigenvalue weighted by molar-refractivity contribution is 6.30. The molecule has 3 N–H and O–H groups in total. The van der Waals surface area contributed by atoms with Crippen LogP contribution in [0.3, 0.4) is 0 Å².